The van der Waals surface area contributed by atoms with Crippen molar-refractivity contribution in [2.24, 2.45) is 0 Å². The highest BCUT2D eigenvalue weighted by atomic mass is 19.4. The van der Waals surface area contributed by atoms with Crippen LogP contribution >= 0.6 is 0 Å². The highest BCUT2D eigenvalue weighted by Crippen LogP contribution is 2.29. The summed E-state index contributed by atoms with van der Waals surface area (Å²) in [4.78, 5) is 11.0. The smallest absolute Gasteiger partial charge is 0.416 e. The Morgan fingerprint density at radius 1 is 1.29 bits per heavy atom. The lowest BCUT2D eigenvalue weighted by atomic mass is 10.1. The van der Waals surface area contributed by atoms with E-state index in [9.17, 15) is 23.1 Å². The number of allylic oxidation sites excluding steroid dienone is 1. The molecule has 0 aromatic heterocycles. The fourth-order valence-electron chi connectivity index (χ4n) is 1.17. The molecule has 1 rings (SSSR count). The van der Waals surface area contributed by atoms with E-state index >= 15 is 0 Å². The number of aliphatic hydroxyl groups excluding tert-OH is 1. The fourth-order valence-corrected chi connectivity index (χ4v) is 1.17. The second-order valence-electron chi connectivity index (χ2n) is 3.42. The van der Waals surface area contributed by atoms with Gasteiger partial charge in [0, 0.05) is 18.1 Å². The zero-order valence-electron chi connectivity index (χ0n) is 9.08. The van der Waals surface area contributed by atoms with E-state index in [1.165, 1.54) is 0 Å². The molecule has 1 aromatic carbocycles. The van der Waals surface area contributed by atoms with Crippen molar-refractivity contribution >= 4 is 11.5 Å². The summed E-state index contributed by atoms with van der Waals surface area (Å²) in [5.41, 5.74) is -0.615. The van der Waals surface area contributed by atoms with Crippen LogP contribution in [-0.4, -0.2) is 10.9 Å². The third-order valence-corrected chi connectivity index (χ3v) is 2.15. The first-order valence-corrected chi connectivity index (χ1v) is 4.95. The van der Waals surface area contributed by atoms with Gasteiger partial charge in [-0.3, -0.25) is 4.79 Å². The molecule has 2 nitrogen and oxygen atoms in total. The van der Waals surface area contributed by atoms with E-state index in [0.29, 0.717) is 0 Å². The minimum atomic E-state index is -4.41. The zero-order valence-corrected chi connectivity index (χ0v) is 9.08. The van der Waals surface area contributed by atoms with Gasteiger partial charge >= 0.3 is 6.18 Å². The van der Waals surface area contributed by atoms with Crippen molar-refractivity contribution in [3.63, 3.8) is 0 Å². The monoisotopic (exact) mass is 244 g/mol. The van der Waals surface area contributed by atoms with Crippen LogP contribution in [0.15, 0.2) is 30.3 Å². The third kappa shape index (κ3) is 3.62. The van der Waals surface area contributed by atoms with E-state index < -0.39 is 11.7 Å². The van der Waals surface area contributed by atoms with E-state index in [0.717, 1.165) is 30.3 Å². The van der Waals surface area contributed by atoms with Crippen molar-refractivity contribution in [2.45, 2.75) is 19.5 Å². The van der Waals surface area contributed by atoms with Gasteiger partial charge < -0.3 is 5.11 Å². The molecule has 0 unspecified atom stereocenters. The molecule has 0 fully saturated rings. The van der Waals surface area contributed by atoms with Crippen LogP contribution in [0.2, 0.25) is 0 Å². The van der Waals surface area contributed by atoms with Crippen molar-refractivity contribution < 1.29 is 23.1 Å². The van der Waals surface area contributed by atoms with Gasteiger partial charge in [-0.1, -0.05) is 19.1 Å². The third-order valence-electron chi connectivity index (χ3n) is 2.15. The summed E-state index contributed by atoms with van der Waals surface area (Å²) < 4.78 is 36.8. The molecule has 0 heterocycles. The van der Waals surface area contributed by atoms with Crippen LogP contribution in [0, 0.1) is 0 Å². The number of hydrogen-bond acceptors (Lipinski definition) is 2. The maximum absolute atomic E-state index is 12.3. The summed E-state index contributed by atoms with van der Waals surface area (Å²) in [6.45, 7) is 1.62. The largest absolute Gasteiger partial charge is 0.507 e. The lowest BCUT2D eigenvalue weighted by Gasteiger charge is -2.07. The van der Waals surface area contributed by atoms with Gasteiger partial charge in [0.15, 0.2) is 5.78 Å². The summed E-state index contributed by atoms with van der Waals surface area (Å²) >= 11 is 0. The summed E-state index contributed by atoms with van der Waals surface area (Å²) in [7, 11) is 0. The maximum Gasteiger partial charge on any atom is 0.416 e. The number of benzene rings is 1. The van der Waals surface area contributed by atoms with E-state index in [-0.39, 0.29) is 23.5 Å². The number of ketones is 1. The Morgan fingerprint density at radius 2 is 1.82 bits per heavy atom. The first kappa shape index (κ1) is 13.3. The molecule has 0 radical (unpaired) electrons. The van der Waals surface area contributed by atoms with Crippen molar-refractivity contribution in [3.8, 4) is 0 Å². The summed E-state index contributed by atoms with van der Waals surface area (Å²) in [5.74, 6) is -0.618. The van der Waals surface area contributed by atoms with Crippen molar-refractivity contribution in [1.29, 1.82) is 0 Å². The van der Waals surface area contributed by atoms with Crippen LogP contribution in [-0.2, 0) is 11.0 Å². The average Bonchev–Trinajstić information content (AvgIpc) is 2.27. The highest BCUT2D eigenvalue weighted by Gasteiger charge is 2.30. The Bertz CT molecular complexity index is 430. The summed E-state index contributed by atoms with van der Waals surface area (Å²) in [6, 6.07) is 3.96. The van der Waals surface area contributed by atoms with E-state index in [1.54, 1.807) is 6.92 Å². The fraction of sp³-hybridized carbons (Fsp3) is 0.250. The van der Waals surface area contributed by atoms with Crippen molar-refractivity contribution in [1.82, 2.24) is 0 Å². The molecule has 0 saturated heterocycles. The number of hydrogen-bond donors (Lipinski definition) is 1. The number of carbonyl (C=O) groups is 1. The number of carbonyl (C=O) groups excluding carboxylic acids is 1. The molecule has 0 bridgehead atoms. The molecule has 17 heavy (non-hydrogen) atoms. The number of halogens is 3. The molecule has 0 spiro atoms. The van der Waals surface area contributed by atoms with E-state index in [1.807, 2.05) is 0 Å². The van der Waals surface area contributed by atoms with Gasteiger partial charge in [0.2, 0.25) is 0 Å². The van der Waals surface area contributed by atoms with Gasteiger partial charge in [-0.25, -0.2) is 0 Å². The minimum Gasteiger partial charge on any atom is -0.507 e. The van der Waals surface area contributed by atoms with Gasteiger partial charge in [0.05, 0.1) is 5.56 Å². The Morgan fingerprint density at radius 3 is 2.24 bits per heavy atom. The lowest BCUT2D eigenvalue weighted by molar-refractivity contribution is -0.137. The summed E-state index contributed by atoms with van der Waals surface area (Å²) in [5, 5.41) is 9.47. The molecule has 5 heteroatoms. The van der Waals surface area contributed by atoms with Gasteiger partial charge in [-0.05, 0) is 12.1 Å². The second-order valence-corrected chi connectivity index (χ2v) is 3.42. The normalized spacial score (nSPS) is 12.6. The molecule has 1 aromatic rings. The zero-order chi connectivity index (χ0) is 13.1. The standard InChI is InChI=1S/C12H11F3O2/c1-2-10(16)7-11(17)8-3-5-9(6-4-8)12(13,14)15/h3-7,17H,2H2,1H3. The number of rotatable bonds is 3. The quantitative estimate of drug-likeness (QED) is 0.651. The highest BCUT2D eigenvalue weighted by molar-refractivity contribution is 5.95. The van der Waals surface area contributed by atoms with Gasteiger partial charge in [0.25, 0.3) is 0 Å². The second kappa shape index (κ2) is 5.03. The van der Waals surface area contributed by atoms with Crippen LogP contribution < -0.4 is 0 Å². The average molecular weight is 244 g/mol. The van der Waals surface area contributed by atoms with Crippen molar-refractivity contribution in [3.05, 3.63) is 41.5 Å². The van der Waals surface area contributed by atoms with Gasteiger partial charge in [0.1, 0.15) is 5.76 Å². The topological polar surface area (TPSA) is 37.3 Å². The molecule has 0 amide bonds. The molecule has 0 aliphatic rings. The number of alkyl halides is 3. The number of aliphatic hydroxyl groups is 1. The van der Waals surface area contributed by atoms with Crippen LogP contribution in [0.5, 0.6) is 0 Å². The first-order chi connectivity index (χ1) is 7.84. The van der Waals surface area contributed by atoms with Gasteiger partial charge in [-0.15, -0.1) is 0 Å². The predicted molar refractivity (Wildman–Crippen MR) is 57.3 cm³/mol. The Hall–Kier alpha value is -1.78. The van der Waals surface area contributed by atoms with E-state index in [2.05, 4.69) is 0 Å². The Balaban J connectivity index is 2.96. The molecule has 92 valence electrons. The molecule has 0 aliphatic heterocycles. The molecule has 0 saturated carbocycles. The Labute approximate surface area is 96.4 Å². The van der Waals surface area contributed by atoms with Crippen LogP contribution in [0.25, 0.3) is 5.76 Å². The molecule has 0 atom stereocenters. The Kier molecular flexibility index (Phi) is 3.93. The van der Waals surface area contributed by atoms with Crippen LogP contribution in [0.4, 0.5) is 13.2 Å². The van der Waals surface area contributed by atoms with Crippen molar-refractivity contribution in [2.75, 3.05) is 0 Å². The van der Waals surface area contributed by atoms with Gasteiger partial charge in [-0.2, -0.15) is 13.2 Å². The van der Waals surface area contributed by atoms with Crippen LogP contribution in [0.3, 0.4) is 0 Å². The molecule has 0 aliphatic carbocycles. The summed E-state index contributed by atoms with van der Waals surface area (Å²) in [6.07, 6.45) is -3.18. The van der Waals surface area contributed by atoms with Crippen LogP contribution in [0.1, 0.15) is 24.5 Å². The first-order valence-electron chi connectivity index (χ1n) is 4.95. The maximum atomic E-state index is 12.3. The molecular weight excluding hydrogens is 233 g/mol. The molecular formula is C12H11F3O2. The van der Waals surface area contributed by atoms with E-state index in [4.69, 9.17) is 0 Å². The minimum absolute atomic E-state index is 0.180. The SMILES string of the molecule is CCC(=O)C=C(O)c1ccc(C(F)(F)F)cc1. The lowest BCUT2D eigenvalue weighted by Crippen LogP contribution is -2.04. The molecule has 1 N–H and O–H groups in total. The predicted octanol–water partition coefficient (Wildman–Crippen LogP) is 3.58.